The van der Waals surface area contributed by atoms with Crippen LogP contribution in [0.25, 0.3) is 11.4 Å². The largest absolute Gasteiger partial charge is 0.370 e. The van der Waals surface area contributed by atoms with Crippen molar-refractivity contribution in [3.05, 3.63) is 29.3 Å². The number of nitrogens with one attached hydrogen (secondary N) is 1. The van der Waals surface area contributed by atoms with Crippen molar-refractivity contribution < 1.29 is 4.79 Å². The number of hydrogen-bond donors (Lipinski definition) is 2. The summed E-state index contributed by atoms with van der Waals surface area (Å²) < 4.78 is 2.26. The molecule has 0 aliphatic carbocycles. The van der Waals surface area contributed by atoms with E-state index in [2.05, 4.69) is 15.2 Å². The van der Waals surface area contributed by atoms with Crippen molar-refractivity contribution in [3.8, 4) is 11.4 Å². The Hall–Kier alpha value is -2.02. The second-order valence-corrected chi connectivity index (χ2v) is 5.27. The third kappa shape index (κ3) is 2.70. The molecule has 0 bridgehead atoms. The number of aromatic amines is 1. The molecule has 0 saturated heterocycles. The lowest BCUT2D eigenvalue weighted by Crippen LogP contribution is -2.33. The molecule has 1 amide bonds. The SMILES string of the molecule is CC(C)(CC(N)=O)n1c(-c2ccncc2)n[nH]c1=S. The summed E-state index contributed by atoms with van der Waals surface area (Å²) in [5.74, 6) is 0.285. The van der Waals surface area contributed by atoms with Crippen LogP contribution in [0.3, 0.4) is 0 Å². The average Bonchev–Trinajstić information content (AvgIpc) is 2.71. The molecule has 0 spiro atoms. The molecular formula is C12H15N5OS. The van der Waals surface area contributed by atoms with Crippen LogP contribution in [0.5, 0.6) is 0 Å². The fourth-order valence-corrected chi connectivity index (χ4v) is 2.44. The lowest BCUT2D eigenvalue weighted by Gasteiger charge is -2.26. The van der Waals surface area contributed by atoms with Gasteiger partial charge in [-0.1, -0.05) is 0 Å². The minimum absolute atomic E-state index is 0.179. The van der Waals surface area contributed by atoms with E-state index in [0.717, 1.165) is 5.56 Å². The molecule has 2 rings (SSSR count). The Kier molecular flexibility index (Phi) is 3.48. The van der Waals surface area contributed by atoms with Crippen molar-refractivity contribution in [2.75, 3.05) is 0 Å². The number of carbonyl (C=O) groups is 1. The minimum Gasteiger partial charge on any atom is -0.370 e. The first-order valence-corrected chi connectivity index (χ1v) is 6.19. The molecule has 2 heterocycles. The number of carbonyl (C=O) groups excluding carboxylic acids is 1. The highest BCUT2D eigenvalue weighted by atomic mass is 32.1. The van der Waals surface area contributed by atoms with Crippen LogP contribution in [-0.4, -0.2) is 25.7 Å². The van der Waals surface area contributed by atoms with Gasteiger partial charge in [0.15, 0.2) is 10.6 Å². The predicted octanol–water partition coefficient (Wildman–Crippen LogP) is 1.61. The summed E-state index contributed by atoms with van der Waals surface area (Å²) in [4.78, 5) is 15.2. The first-order chi connectivity index (χ1) is 8.92. The Morgan fingerprint density at radius 1 is 1.47 bits per heavy atom. The quantitative estimate of drug-likeness (QED) is 0.831. The van der Waals surface area contributed by atoms with Crippen LogP contribution >= 0.6 is 12.2 Å². The number of nitrogens with two attached hydrogens (primary N) is 1. The van der Waals surface area contributed by atoms with Crippen LogP contribution in [0, 0.1) is 4.77 Å². The van der Waals surface area contributed by atoms with Gasteiger partial charge in [-0.15, -0.1) is 0 Å². The number of pyridine rings is 1. The van der Waals surface area contributed by atoms with Gasteiger partial charge < -0.3 is 5.73 Å². The molecule has 2 aromatic heterocycles. The molecule has 0 aliphatic rings. The number of rotatable bonds is 4. The highest BCUT2D eigenvalue weighted by molar-refractivity contribution is 7.71. The molecule has 19 heavy (non-hydrogen) atoms. The summed E-state index contributed by atoms with van der Waals surface area (Å²) in [7, 11) is 0. The molecule has 0 unspecified atom stereocenters. The first kappa shape index (κ1) is 13.4. The van der Waals surface area contributed by atoms with Gasteiger partial charge in [0.1, 0.15) is 0 Å². The van der Waals surface area contributed by atoms with Crippen LogP contribution in [0.4, 0.5) is 0 Å². The van der Waals surface area contributed by atoms with Gasteiger partial charge in [0, 0.05) is 24.4 Å². The summed E-state index contributed by atoms with van der Waals surface area (Å²) in [5, 5.41) is 6.98. The molecule has 0 fully saturated rings. The van der Waals surface area contributed by atoms with Crippen molar-refractivity contribution >= 4 is 18.1 Å². The van der Waals surface area contributed by atoms with Crippen molar-refractivity contribution in [2.45, 2.75) is 25.8 Å². The van der Waals surface area contributed by atoms with E-state index in [-0.39, 0.29) is 12.3 Å². The molecule has 2 aromatic rings. The van der Waals surface area contributed by atoms with E-state index < -0.39 is 5.54 Å². The molecule has 100 valence electrons. The zero-order valence-corrected chi connectivity index (χ0v) is 11.6. The molecule has 0 saturated carbocycles. The van der Waals surface area contributed by atoms with Crippen LogP contribution in [0.15, 0.2) is 24.5 Å². The Morgan fingerprint density at radius 2 is 2.11 bits per heavy atom. The molecule has 0 aromatic carbocycles. The zero-order chi connectivity index (χ0) is 14.0. The second-order valence-electron chi connectivity index (χ2n) is 4.88. The highest BCUT2D eigenvalue weighted by Gasteiger charge is 2.27. The molecule has 6 nitrogen and oxygen atoms in total. The second kappa shape index (κ2) is 4.93. The number of aromatic nitrogens is 4. The van der Waals surface area contributed by atoms with Crippen molar-refractivity contribution in [3.63, 3.8) is 0 Å². The van der Waals surface area contributed by atoms with E-state index in [1.54, 1.807) is 12.4 Å². The van der Waals surface area contributed by atoms with E-state index in [1.165, 1.54) is 0 Å². The lowest BCUT2D eigenvalue weighted by atomic mass is 9.99. The van der Waals surface area contributed by atoms with Gasteiger partial charge in [0.2, 0.25) is 5.91 Å². The van der Waals surface area contributed by atoms with Crippen molar-refractivity contribution in [1.82, 2.24) is 19.7 Å². The molecule has 3 N–H and O–H groups in total. The Bertz CT molecular complexity index is 644. The maximum atomic E-state index is 11.2. The molecular weight excluding hydrogens is 262 g/mol. The molecule has 7 heteroatoms. The topological polar surface area (TPSA) is 89.6 Å². The van der Waals surface area contributed by atoms with Gasteiger partial charge in [-0.25, -0.2) is 0 Å². The Balaban J connectivity index is 2.56. The standard InChI is InChI=1S/C12H15N5OS/c1-12(2,7-9(13)18)17-10(15-16-11(17)19)8-3-5-14-6-4-8/h3-6H,7H2,1-2H3,(H2,13,18)(H,16,19). The van der Waals surface area contributed by atoms with Gasteiger partial charge in [-0.2, -0.15) is 5.10 Å². The van der Waals surface area contributed by atoms with Crippen LogP contribution in [0.2, 0.25) is 0 Å². The fourth-order valence-electron chi connectivity index (χ4n) is 2.06. The number of H-pyrrole nitrogens is 1. The predicted molar refractivity (Wildman–Crippen MR) is 73.8 cm³/mol. The van der Waals surface area contributed by atoms with Crippen LogP contribution in [-0.2, 0) is 10.3 Å². The summed E-state index contributed by atoms with van der Waals surface area (Å²) in [6.07, 6.45) is 3.54. The maximum Gasteiger partial charge on any atom is 0.219 e. The van der Waals surface area contributed by atoms with Gasteiger partial charge in [0.05, 0.1) is 5.54 Å². The average molecular weight is 277 g/mol. The van der Waals surface area contributed by atoms with Crippen molar-refractivity contribution in [2.24, 2.45) is 5.73 Å². The first-order valence-electron chi connectivity index (χ1n) is 5.78. The normalized spacial score (nSPS) is 11.5. The molecule has 0 atom stereocenters. The van der Waals surface area contributed by atoms with Gasteiger partial charge >= 0.3 is 0 Å². The number of amides is 1. The number of primary amides is 1. The zero-order valence-electron chi connectivity index (χ0n) is 10.8. The highest BCUT2D eigenvalue weighted by Crippen LogP contribution is 2.26. The number of nitrogens with zero attached hydrogens (tertiary/aromatic N) is 3. The Labute approximate surface area is 115 Å². The summed E-state index contributed by atoms with van der Waals surface area (Å²) >= 11 is 5.25. The lowest BCUT2D eigenvalue weighted by molar-refractivity contribution is -0.119. The van der Waals surface area contributed by atoms with E-state index in [0.29, 0.717) is 10.6 Å². The van der Waals surface area contributed by atoms with E-state index in [4.69, 9.17) is 18.0 Å². The van der Waals surface area contributed by atoms with Crippen molar-refractivity contribution in [1.29, 1.82) is 0 Å². The van der Waals surface area contributed by atoms with Crippen LogP contribution in [0.1, 0.15) is 20.3 Å². The molecule has 0 radical (unpaired) electrons. The summed E-state index contributed by atoms with van der Waals surface area (Å²) in [6, 6.07) is 3.67. The van der Waals surface area contributed by atoms with E-state index >= 15 is 0 Å². The maximum absolute atomic E-state index is 11.2. The van der Waals surface area contributed by atoms with E-state index in [9.17, 15) is 4.79 Å². The summed E-state index contributed by atoms with van der Waals surface area (Å²) in [5.41, 5.74) is 5.62. The number of hydrogen-bond acceptors (Lipinski definition) is 4. The molecule has 0 aliphatic heterocycles. The van der Waals surface area contributed by atoms with Gasteiger partial charge in [-0.3, -0.25) is 19.4 Å². The monoisotopic (exact) mass is 277 g/mol. The fraction of sp³-hybridized carbons (Fsp3) is 0.333. The van der Waals surface area contributed by atoms with E-state index in [1.807, 2.05) is 30.5 Å². The summed E-state index contributed by atoms with van der Waals surface area (Å²) in [6.45, 7) is 3.79. The van der Waals surface area contributed by atoms with Crippen LogP contribution < -0.4 is 5.73 Å². The van der Waals surface area contributed by atoms with Gasteiger partial charge in [-0.05, 0) is 38.2 Å². The Morgan fingerprint density at radius 3 is 2.68 bits per heavy atom. The minimum atomic E-state index is -0.547. The van der Waals surface area contributed by atoms with Gasteiger partial charge in [0.25, 0.3) is 0 Å². The third-order valence-electron chi connectivity index (χ3n) is 2.82. The third-order valence-corrected chi connectivity index (χ3v) is 3.10. The smallest absolute Gasteiger partial charge is 0.219 e.